The molecule has 13 heteroatoms. The van der Waals surface area contributed by atoms with Gasteiger partial charge in [-0.25, -0.2) is 14.8 Å². The number of benzene rings is 1. The highest BCUT2D eigenvalue weighted by Gasteiger charge is 2.66. The first-order valence-corrected chi connectivity index (χ1v) is 21.4. The van der Waals surface area contributed by atoms with Crippen LogP contribution >= 0.6 is 11.3 Å². The normalized spacial score (nSPS) is 29.5. The van der Waals surface area contributed by atoms with Gasteiger partial charge in [0, 0.05) is 75.1 Å². The van der Waals surface area contributed by atoms with Crippen LogP contribution in [0.25, 0.3) is 15.8 Å². The molecule has 2 atom stereocenters. The third kappa shape index (κ3) is 8.21. The molecule has 1 aromatic carbocycles. The summed E-state index contributed by atoms with van der Waals surface area (Å²) in [4.78, 5) is 26.7. The Balaban J connectivity index is 0.990. The second kappa shape index (κ2) is 15.5. The number of nitrogens with two attached hydrogens (primary N) is 1. The number of thiazole rings is 1. The summed E-state index contributed by atoms with van der Waals surface area (Å²) < 4.78 is 8.07. The zero-order valence-corrected chi connectivity index (χ0v) is 34.8. The van der Waals surface area contributed by atoms with Crippen molar-refractivity contribution in [1.29, 1.82) is 5.41 Å². The van der Waals surface area contributed by atoms with Gasteiger partial charge in [-0.2, -0.15) is 0 Å². The molecular formula is C44H59N9O3S. The van der Waals surface area contributed by atoms with Crippen LogP contribution in [0.15, 0.2) is 65.3 Å². The molecule has 0 amide bonds. The van der Waals surface area contributed by atoms with Crippen molar-refractivity contribution < 1.29 is 14.6 Å². The standard InChI is InChI=1S/C44H59N9O3S/c1-29(38(46)51-40-49-34-9-5-6-10-35(34)57-40)31-8-7-15-53(21-31)36-12-11-32(37(50-36)39(54)55)33(20-45)30(2)48-28-43-23-41(3)22-42(4,24-43)26-44(25-41,27-43)56-19-18-52-16-13-47-14-17-52/h5-6,9-12,20-21,45,47-48H,7-8,13-19,22-28,46H2,1-4H3,(H,49,51)(H,54,55)/b33-30+,38-29+,45-20?. The maximum atomic E-state index is 12.8. The van der Waals surface area contributed by atoms with Crippen molar-refractivity contribution >= 4 is 50.3 Å². The molecule has 4 aliphatic carbocycles. The Morgan fingerprint density at radius 1 is 1.04 bits per heavy atom. The fourth-order valence-corrected chi connectivity index (χ4v) is 12.7. The highest BCUT2D eigenvalue weighted by Crippen LogP contribution is 2.71. The number of nitrogens with one attached hydrogen (secondary N) is 4. The monoisotopic (exact) mass is 793 g/mol. The zero-order chi connectivity index (χ0) is 40.0. The van der Waals surface area contributed by atoms with E-state index in [1.807, 2.05) is 55.3 Å². The fraction of sp³-hybridized carbons (Fsp3) is 0.545. The molecule has 1 saturated heterocycles. The minimum Gasteiger partial charge on any atom is -0.476 e. The van der Waals surface area contributed by atoms with Gasteiger partial charge in [-0.05, 0) is 117 Å². The Labute approximate surface area is 340 Å². The van der Waals surface area contributed by atoms with Crippen LogP contribution < -0.4 is 26.6 Å². The molecule has 12 nitrogen and oxygen atoms in total. The van der Waals surface area contributed by atoms with Gasteiger partial charge in [0.2, 0.25) is 0 Å². The predicted octanol–water partition coefficient (Wildman–Crippen LogP) is 7.19. The first-order valence-electron chi connectivity index (χ1n) is 20.6. The Hall–Kier alpha value is -4.30. The second-order valence-electron chi connectivity index (χ2n) is 18.3. The number of carboxylic acid groups (broad SMARTS) is 1. The number of para-hydroxylation sites is 1. The summed E-state index contributed by atoms with van der Waals surface area (Å²) in [6.45, 7) is 16.4. The Kier molecular flexibility index (Phi) is 10.7. The molecule has 2 aliphatic heterocycles. The van der Waals surface area contributed by atoms with Crippen LogP contribution in [0.3, 0.4) is 0 Å². The predicted molar refractivity (Wildman–Crippen MR) is 230 cm³/mol. The van der Waals surface area contributed by atoms with Crippen LogP contribution in [0.1, 0.15) is 95.1 Å². The first-order chi connectivity index (χ1) is 27.3. The first kappa shape index (κ1) is 39.5. The SMILES string of the molecule is C/C(NCC12CC3(C)CC(C)(C1)CC(OCCN1CCNCC1)(C3)C2)=C(/C=N)c1ccc(N2C=C(/C(C)=C(\N)Nc3nc4ccccc4s3)CCC2)nc1C(=O)O. The van der Waals surface area contributed by atoms with Gasteiger partial charge in [0.25, 0.3) is 0 Å². The highest BCUT2D eigenvalue weighted by atomic mass is 32.1. The summed E-state index contributed by atoms with van der Waals surface area (Å²) in [5, 5.41) is 30.2. The van der Waals surface area contributed by atoms with Crippen LogP contribution in [0.2, 0.25) is 0 Å². The number of anilines is 2. The molecule has 7 N–H and O–H groups in total. The quantitative estimate of drug-likeness (QED) is 0.0916. The number of ether oxygens (including phenoxy) is 1. The number of fused-ring (bicyclic) bond motifs is 1. The number of pyridine rings is 1. The molecule has 6 aliphatic rings. The number of rotatable bonds is 14. The van der Waals surface area contributed by atoms with Crippen molar-refractivity contribution in [3.8, 4) is 0 Å². The largest absolute Gasteiger partial charge is 0.476 e. The van der Waals surface area contributed by atoms with Crippen LogP contribution in [0, 0.1) is 21.7 Å². The third-order valence-corrected chi connectivity index (χ3v) is 14.2. The number of hydrogen-bond donors (Lipinski definition) is 6. The Morgan fingerprint density at radius 2 is 1.79 bits per heavy atom. The molecule has 4 saturated carbocycles. The van der Waals surface area contributed by atoms with Crippen molar-refractivity contribution in [3.63, 3.8) is 0 Å². The maximum absolute atomic E-state index is 12.8. The lowest BCUT2D eigenvalue weighted by Crippen LogP contribution is -2.65. The minimum absolute atomic E-state index is 0.0661. The summed E-state index contributed by atoms with van der Waals surface area (Å²) in [5.41, 5.74) is 11.6. The van der Waals surface area contributed by atoms with E-state index in [4.69, 9.17) is 20.9 Å². The van der Waals surface area contributed by atoms with E-state index in [2.05, 4.69) is 39.7 Å². The highest BCUT2D eigenvalue weighted by molar-refractivity contribution is 7.22. The zero-order valence-electron chi connectivity index (χ0n) is 34.0. The van der Waals surface area contributed by atoms with Gasteiger partial charge in [-0.1, -0.05) is 37.3 Å². The van der Waals surface area contributed by atoms with E-state index in [1.54, 1.807) is 17.4 Å². The van der Waals surface area contributed by atoms with E-state index in [-0.39, 0.29) is 27.5 Å². The van der Waals surface area contributed by atoms with Gasteiger partial charge in [0.1, 0.15) is 11.6 Å². The number of aromatic carboxylic acids is 1. The fourth-order valence-electron chi connectivity index (χ4n) is 11.8. The van der Waals surface area contributed by atoms with E-state index in [1.165, 1.54) is 12.6 Å². The summed E-state index contributed by atoms with van der Waals surface area (Å²) in [6, 6.07) is 11.7. The average molecular weight is 794 g/mol. The van der Waals surface area contributed by atoms with Gasteiger partial charge in [-0.3, -0.25) is 4.90 Å². The molecule has 2 unspecified atom stereocenters. The lowest BCUT2D eigenvalue weighted by atomic mass is 9.39. The van der Waals surface area contributed by atoms with Crippen molar-refractivity contribution in [2.45, 2.75) is 84.7 Å². The van der Waals surface area contributed by atoms with Gasteiger partial charge < -0.3 is 41.8 Å². The van der Waals surface area contributed by atoms with E-state index in [9.17, 15) is 9.90 Å². The van der Waals surface area contributed by atoms with Gasteiger partial charge in [-0.15, -0.1) is 0 Å². The molecule has 9 rings (SSSR count). The lowest BCUT2D eigenvalue weighted by Gasteiger charge is -2.69. The molecule has 4 heterocycles. The van der Waals surface area contributed by atoms with E-state index in [0.29, 0.717) is 29.3 Å². The molecule has 2 aromatic heterocycles. The van der Waals surface area contributed by atoms with Crippen LogP contribution in [0.4, 0.5) is 10.9 Å². The van der Waals surface area contributed by atoms with Crippen molar-refractivity contribution in [2.75, 3.05) is 62.6 Å². The number of aromatic nitrogens is 2. The van der Waals surface area contributed by atoms with Gasteiger partial charge in [0.15, 0.2) is 10.8 Å². The number of hydrogen-bond acceptors (Lipinski definition) is 12. The van der Waals surface area contributed by atoms with Crippen LogP contribution in [-0.4, -0.2) is 90.2 Å². The Morgan fingerprint density at radius 3 is 2.51 bits per heavy atom. The van der Waals surface area contributed by atoms with Gasteiger partial charge in [0.05, 0.1) is 22.4 Å². The summed E-state index contributed by atoms with van der Waals surface area (Å²) in [5.74, 6) is -0.0424. The van der Waals surface area contributed by atoms with Crippen molar-refractivity contribution in [3.05, 3.63) is 76.5 Å². The smallest absolute Gasteiger partial charge is 0.355 e. The molecule has 4 bridgehead atoms. The molecule has 3 aromatic rings. The van der Waals surface area contributed by atoms with E-state index < -0.39 is 5.97 Å². The molecule has 0 radical (unpaired) electrons. The van der Waals surface area contributed by atoms with Crippen molar-refractivity contribution in [1.82, 2.24) is 25.5 Å². The van der Waals surface area contributed by atoms with Crippen LogP contribution in [-0.2, 0) is 4.74 Å². The molecular weight excluding hydrogens is 735 g/mol. The lowest BCUT2D eigenvalue weighted by molar-refractivity contribution is -0.244. The molecule has 304 valence electrons. The van der Waals surface area contributed by atoms with Crippen molar-refractivity contribution in [2.24, 2.45) is 22.0 Å². The number of piperazine rings is 1. The summed E-state index contributed by atoms with van der Waals surface area (Å²) in [7, 11) is 0. The Bertz CT molecular complexity index is 2080. The second-order valence-corrected chi connectivity index (χ2v) is 19.3. The number of carbonyl (C=O) groups is 1. The minimum atomic E-state index is -1.12. The number of allylic oxidation sites excluding steroid dienone is 4. The van der Waals surface area contributed by atoms with Gasteiger partial charge >= 0.3 is 5.97 Å². The average Bonchev–Trinajstić information content (AvgIpc) is 3.58. The van der Waals surface area contributed by atoms with E-state index >= 15 is 0 Å². The molecule has 0 spiro atoms. The third-order valence-electron chi connectivity index (χ3n) is 13.2. The molecule has 57 heavy (non-hydrogen) atoms. The summed E-state index contributed by atoms with van der Waals surface area (Å²) >= 11 is 1.56. The number of carboxylic acids is 1. The number of nitrogens with zero attached hydrogens (tertiary/aromatic N) is 4. The topological polar surface area (TPSA) is 165 Å². The van der Waals surface area contributed by atoms with E-state index in [0.717, 1.165) is 123 Å². The maximum Gasteiger partial charge on any atom is 0.355 e. The summed E-state index contributed by atoms with van der Waals surface area (Å²) in [6.07, 6.45) is 11.8. The van der Waals surface area contributed by atoms with Crippen LogP contribution in [0.5, 0.6) is 0 Å². The molecule has 5 fully saturated rings.